The molecule has 1 aromatic rings. The summed E-state index contributed by atoms with van der Waals surface area (Å²) in [7, 11) is 0. The van der Waals surface area contributed by atoms with Crippen molar-refractivity contribution in [2.45, 2.75) is 39.7 Å². The lowest BCUT2D eigenvalue weighted by Gasteiger charge is -2.34. The highest BCUT2D eigenvalue weighted by atomic mass is 16.6. The third-order valence-corrected chi connectivity index (χ3v) is 6.92. The molecule has 7 nitrogen and oxygen atoms in total. The van der Waals surface area contributed by atoms with Gasteiger partial charge in [-0.05, 0) is 44.4 Å². The van der Waals surface area contributed by atoms with Crippen molar-refractivity contribution < 1.29 is 24.4 Å². The van der Waals surface area contributed by atoms with E-state index < -0.39 is 22.4 Å². The van der Waals surface area contributed by atoms with Crippen LogP contribution in [0.1, 0.15) is 44.0 Å². The number of nitro benzene ring substituents is 1. The molecule has 0 bridgehead atoms. The number of hydrogen-bond donors (Lipinski definition) is 1. The van der Waals surface area contributed by atoms with Crippen LogP contribution >= 0.6 is 0 Å². The Morgan fingerprint density at radius 2 is 1.93 bits per heavy atom. The van der Waals surface area contributed by atoms with E-state index in [1.807, 2.05) is 13.8 Å². The topological polar surface area (TPSA) is 107 Å². The van der Waals surface area contributed by atoms with Crippen molar-refractivity contribution in [2.75, 3.05) is 6.61 Å². The molecule has 3 aliphatic rings. The minimum Gasteiger partial charge on any atom is -0.461 e. The lowest BCUT2D eigenvalue weighted by Crippen LogP contribution is -2.37. The summed E-state index contributed by atoms with van der Waals surface area (Å²) in [6.45, 7) is 5.62. The number of fused-ring (bicyclic) bond motifs is 1. The van der Waals surface area contributed by atoms with E-state index in [9.17, 15) is 24.8 Å². The molecule has 0 aliphatic heterocycles. The molecule has 29 heavy (non-hydrogen) atoms. The highest BCUT2D eigenvalue weighted by Crippen LogP contribution is 2.64. The van der Waals surface area contributed by atoms with Crippen LogP contribution in [0.5, 0.6) is 0 Å². The van der Waals surface area contributed by atoms with E-state index in [2.05, 4.69) is 0 Å². The second-order valence-electron chi connectivity index (χ2n) is 8.63. The molecule has 1 unspecified atom stereocenters. The normalized spacial score (nSPS) is 29.5. The van der Waals surface area contributed by atoms with Gasteiger partial charge in [-0.1, -0.05) is 18.6 Å². The van der Waals surface area contributed by atoms with E-state index in [1.165, 1.54) is 24.3 Å². The molecular weight excluding hydrogens is 374 g/mol. The van der Waals surface area contributed by atoms with Crippen LogP contribution < -0.4 is 0 Å². The number of Topliss-reactive ketones (excluding diaryl/α,β-unsaturated/α-hetero) is 1. The van der Waals surface area contributed by atoms with Crippen LogP contribution in [0.15, 0.2) is 47.1 Å². The predicted molar refractivity (Wildman–Crippen MR) is 104 cm³/mol. The second kappa shape index (κ2) is 6.35. The molecular formula is C22H23NO6. The van der Waals surface area contributed by atoms with Crippen LogP contribution in [-0.2, 0) is 9.53 Å². The molecule has 1 saturated carbocycles. The first-order chi connectivity index (χ1) is 13.6. The molecule has 1 aromatic carbocycles. The summed E-state index contributed by atoms with van der Waals surface area (Å²) in [6, 6.07) is 5.15. The average Bonchev–Trinajstić information content (AvgIpc) is 3.46. The van der Waals surface area contributed by atoms with Crippen LogP contribution in [0.4, 0.5) is 5.69 Å². The van der Waals surface area contributed by atoms with E-state index in [-0.39, 0.29) is 35.0 Å². The molecule has 152 valence electrons. The third-order valence-electron chi connectivity index (χ3n) is 6.92. The largest absolute Gasteiger partial charge is 0.461 e. The second-order valence-corrected chi connectivity index (χ2v) is 8.63. The molecule has 0 radical (unpaired) electrons. The van der Waals surface area contributed by atoms with Gasteiger partial charge in [0.15, 0.2) is 5.78 Å². The monoisotopic (exact) mass is 397 g/mol. The summed E-state index contributed by atoms with van der Waals surface area (Å²) < 4.78 is 5.41. The molecule has 3 atom stereocenters. The van der Waals surface area contributed by atoms with Crippen molar-refractivity contribution >= 4 is 17.4 Å². The number of hydrogen-bond acceptors (Lipinski definition) is 6. The van der Waals surface area contributed by atoms with Gasteiger partial charge in [0.25, 0.3) is 5.69 Å². The Morgan fingerprint density at radius 3 is 2.48 bits per heavy atom. The van der Waals surface area contributed by atoms with Gasteiger partial charge < -0.3 is 9.84 Å². The van der Waals surface area contributed by atoms with E-state index in [0.29, 0.717) is 11.1 Å². The van der Waals surface area contributed by atoms with Gasteiger partial charge >= 0.3 is 5.97 Å². The van der Waals surface area contributed by atoms with E-state index in [0.717, 1.165) is 18.4 Å². The first-order valence-corrected chi connectivity index (χ1v) is 9.69. The predicted octanol–water partition coefficient (Wildman–Crippen LogP) is 3.37. The number of ketones is 1. The quantitative estimate of drug-likeness (QED) is 0.474. The zero-order valence-electron chi connectivity index (χ0n) is 16.6. The summed E-state index contributed by atoms with van der Waals surface area (Å²) in [5, 5.41) is 21.8. The molecule has 1 N–H and O–H groups in total. The van der Waals surface area contributed by atoms with Gasteiger partial charge in [0.1, 0.15) is 6.61 Å². The zero-order valence-corrected chi connectivity index (χ0v) is 16.6. The zero-order chi connectivity index (χ0) is 21.1. The number of nitrogens with zero attached hydrogens (tertiary/aromatic N) is 1. The molecule has 1 fully saturated rings. The van der Waals surface area contributed by atoms with Crippen molar-refractivity contribution in [2.24, 2.45) is 16.7 Å². The van der Waals surface area contributed by atoms with Crippen LogP contribution in [0.2, 0.25) is 0 Å². The number of carbonyl (C=O) groups is 2. The summed E-state index contributed by atoms with van der Waals surface area (Å²) in [4.78, 5) is 35.5. The Morgan fingerprint density at radius 1 is 1.31 bits per heavy atom. The van der Waals surface area contributed by atoms with Crippen LogP contribution in [0.25, 0.3) is 0 Å². The standard InChI is InChI=1S/C22H23NO6/c1-12-17-16(18(24)13(2)22(12)8-9-22)10-21(3,19(17)25)11-29-20(26)14-4-6-15(7-5-14)23(27)28/h4-7,10,13,19,25H,8-9,11H2,1-3H3/t13-,19?,21+/m1/s1. The smallest absolute Gasteiger partial charge is 0.338 e. The van der Waals surface area contributed by atoms with Crippen LogP contribution in [-0.4, -0.2) is 34.5 Å². The Hall–Kier alpha value is -2.80. The molecule has 0 amide bonds. The number of ether oxygens (including phenoxy) is 1. The van der Waals surface area contributed by atoms with Crippen molar-refractivity contribution in [3.05, 3.63) is 62.7 Å². The first kappa shape index (κ1) is 19.5. The third kappa shape index (κ3) is 2.83. The number of allylic oxidation sites excluding steroid dienone is 1. The molecule has 1 spiro atoms. The van der Waals surface area contributed by atoms with E-state index in [4.69, 9.17) is 4.74 Å². The van der Waals surface area contributed by atoms with Gasteiger partial charge in [-0.3, -0.25) is 14.9 Å². The van der Waals surface area contributed by atoms with Crippen LogP contribution in [0.3, 0.4) is 0 Å². The Kier molecular flexibility index (Phi) is 4.27. The molecule has 3 aliphatic carbocycles. The maximum absolute atomic E-state index is 12.9. The summed E-state index contributed by atoms with van der Waals surface area (Å²) in [6.07, 6.45) is 2.74. The fourth-order valence-electron chi connectivity index (χ4n) is 4.74. The summed E-state index contributed by atoms with van der Waals surface area (Å²) in [5.74, 6) is -0.687. The highest BCUT2D eigenvalue weighted by Gasteiger charge is 2.59. The molecule has 0 saturated heterocycles. The lowest BCUT2D eigenvalue weighted by molar-refractivity contribution is -0.384. The number of carbonyl (C=O) groups excluding carboxylic acids is 2. The Balaban J connectivity index is 1.55. The molecule has 0 aromatic heterocycles. The summed E-state index contributed by atoms with van der Waals surface area (Å²) in [5.41, 5.74) is 1.37. The van der Waals surface area contributed by atoms with Gasteiger partial charge in [0.2, 0.25) is 0 Å². The van der Waals surface area contributed by atoms with Gasteiger partial charge in [-0.25, -0.2) is 4.79 Å². The highest BCUT2D eigenvalue weighted by molar-refractivity contribution is 6.05. The number of aliphatic hydroxyl groups is 1. The fourth-order valence-corrected chi connectivity index (χ4v) is 4.74. The van der Waals surface area contributed by atoms with Gasteiger partial charge in [-0.15, -0.1) is 0 Å². The lowest BCUT2D eigenvalue weighted by atomic mass is 9.70. The van der Waals surface area contributed by atoms with Crippen molar-refractivity contribution in [1.82, 2.24) is 0 Å². The van der Waals surface area contributed by atoms with Crippen LogP contribution in [0, 0.1) is 26.9 Å². The number of benzene rings is 1. The van der Waals surface area contributed by atoms with E-state index in [1.54, 1.807) is 13.0 Å². The Labute approximate surface area is 168 Å². The molecule has 0 heterocycles. The average molecular weight is 397 g/mol. The Bertz CT molecular complexity index is 985. The molecule has 7 heteroatoms. The minimum atomic E-state index is -0.920. The maximum Gasteiger partial charge on any atom is 0.338 e. The number of non-ortho nitro benzene ring substituents is 1. The van der Waals surface area contributed by atoms with Crippen molar-refractivity contribution in [3.8, 4) is 0 Å². The number of rotatable bonds is 4. The minimum absolute atomic E-state index is 0.0487. The van der Waals surface area contributed by atoms with Gasteiger partial charge in [0.05, 0.1) is 22.0 Å². The fraction of sp³-hybridized carbons (Fsp3) is 0.455. The SMILES string of the molecule is CC1=C2C(=C[C@@](C)(COC(=O)c3ccc([N+](=O)[O-])cc3)C2O)C(=O)[C@@H](C)C12CC2. The van der Waals surface area contributed by atoms with E-state index >= 15 is 0 Å². The van der Waals surface area contributed by atoms with Gasteiger partial charge in [-0.2, -0.15) is 0 Å². The van der Waals surface area contributed by atoms with Crippen molar-refractivity contribution in [3.63, 3.8) is 0 Å². The number of aliphatic hydroxyl groups excluding tert-OH is 1. The van der Waals surface area contributed by atoms with Gasteiger partial charge in [0, 0.05) is 29.0 Å². The van der Waals surface area contributed by atoms with Crippen molar-refractivity contribution in [1.29, 1.82) is 0 Å². The number of nitro groups is 1. The first-order valence-electron chi connectivity index (χ1n) is 9.69. The summed E-state index contributed by atoms with van der Waals surface area (Å²) >= 11 is 0. The maximum atomic E-state index is 12.9. The molecule has 4 rings (SSSR count). The number of esters is 1.